The second-order valence-corrected chi connectivity index (χ2v) is 3.54. The molecule has 0 bridgehead atoms. The van der Waals surface area contributed by atoms with Gasteiger partial charge in [-0.15, -0.1) is 0 Å². The number of carbonyl (C=O) groups excluding carboxylic acids is 1. The van der Waals surface area contributed by atoms with Gasteiger partial charge in [-0.1, -0.05) is 0 Å². The van der Waals surface area contributed by atoms with Gasteiger partial charge in [-0.2, -0.15) is 0 Å². The van der Waals surface area contributed by atoms with Gasteiger partial charge in [0.15, 0.2) is 0 Å². The van der Waals surface area contributed by atoms with Crippen LogP contribution in [0.15, 0.2) is 0 Å². The first kappa shape index (κ1) is 9.48. The number of aliphatic hydroxyl groups excluding tert-OH is 1. The highest BCUT2D eigenvalue weighted by Crippen LogP contribution is 2.38. The smallest absolute Gasteiger partial charge is 0.308 e. The molecule has 1 fully saturated rings. The molecule has 0 aliphatic heterocycles. The van der Waals surface area contributed by atoms with Crippen molar-refractivity contribution in [3.8, 4) is 0 Å². The van der Waals surface area contributed by atoms with Gasteiger partial charge in [0.1, 0.15) is 0 Å². The number of hydrogen-bond acceptors (Lipinski definition) is 4. The van der Waals surface area contributed by atoms with Crippen LogP contribution < -0.4 is 5.73 Å². The summed E-state index contributed by atoms with van der Waals surface area (Å²) >= 11 is 0. The molecule has 12 heavy (non-hydrogen) atoms. The Bertz CT molecular complexity index is 185. The third kappa shape index (κ3) is 1.44. The molecule has 3 N–H and O–H groups in total. The van der Waals surface area contributed by atoms with Gasteiger partial charge in [0.2, 0.25) is 0 Å². The Balaban J connectivity index is 2.41. The summed E-state index contributed by atoms with van der Waals surface area (Å²) in [4.78, 5) is 10.9. The normalized spacial score (nSPS) is 36.8. The molecule has 1 aliphatic rings. The number of nitrogens with two attached hydrogens (primary N) is 1. The Morgan fingerprint density at radius 3 is 2.58 bits per heavy atom. The quantitative estimate of drug-likeness (QED) is 0.560. The third-order valence-corrected chi connectivity index (χ3v) is 2.62. The Labute approximate surface area is 71.7 Å². The highest BCUT2D eigenvalue weighted by molar-refractivity contribution is 5.74. The van der Waals surface area contributed by atoms with Gasteiger partial charge in [0.05, 0.1) is 19.1 Å². The second kappa shape index (κ2) is 3.03. The zero-order chi connectivity index (χ0) is 9.35. The minimum absolute atomic E-state index is 0.116. The van der Waals surface area contributed by atoms with Crippen LogP contribution in [0.5, 0.6) is 0 Å². The Morgan fingerprint density at radius 2 is 2.25 bits per heavy atom. The van der Waals surface area contributed by atoms with E-state index >= 15 is 0 Å². The molecule has 0 saturated heterocycles. The van der Waals surface area contributed by atoms with Crippen LogP contribution in [-0.2, 0) is 9.53 Å². The number of esters is 1. The van der Waals surface area contributed by atoms with E-state index in [0.29, 0.717) is 12.8 Å². The van der Waals surface area contributed by atoms with Crippen LogP contribution in [0.25, 0.3) is 0 Å². The first-order valence-electron chi connectivity index (χ1n) is 4.04. The molecule has 4 heteroatoms. The van der Waals surface area contributed by atoms with Crippen LogP contribution in [0.4, 0.5) is 0 Å². The van der Waals surface area contributed by atoms with Crippen molar-refractivity contribution in [1.82, 2.24) is 0 Å². The average Bonchev–Trinajstić information content (AvgIpc) is 1.96. The van der Waals surface area contributed by atoms with E-state index in [1.807, 2.05) is 0 Å². The van der Waals surface area contributed by atoms with Crippen molar-refractivity contribution in [2.24, 2.45) is 11.7 Å². The molecule has 0 radical (unpaired) electrons. The molecule has 1 saturated carbocycles. The van der Waals surface area contributed by atoms with Gasteiger partial charge in [-0.3, -0.25) is 4.79 Å². The van der Waals surface area contributed by atoms with Crippen molar-refractivity contribution in [2.75, 3.05) is 7.11 Å². The average molecular weight is 173 g/mol. The van der Waals surface area contributed by atoms with Gasteiger partial charge in [-0.25, -0.2) is 0 Å². The first-order valence-corrected chi connectivity index (χ1v) is 4.04. The van der Waals surface area contributed by atoms with Crippen LogP contribution in [0, 0.1) is 5.92 Å². The highest BCUT2D eigenvalue weighted by Gasteiger charge is 2.48. The summed E-state index contributed by atoms with van der Waals surface area (Å²) in [5, 5.41) is 9.23. The Hall–Kier alpha value is -0.610. The topological polar surface area (TPSA) is 72.5 Å². The zero-order valence-corrected chi connectivity index (χ0v) is 7.41. The minimum atomic E-state index is -0.571. The molecule has 1 atom stereocenters. The lowest BCUT2D eigenvalue weighted by atomic mass is 9.66. The lowest BCUT2D eigenvalue weighted by Gasteiger charge is -2.45. The molecule has 0 aromatic rings. The molecule has 0 heterocycles. The number of aliphatic hydroxyl groups is 1. The van der Waals surface area contributed by atoms with E-state index in [4.69, 9.17) is 5.73 Å². The van der Waals surface area contributed by atoms with Crippen molar-refractivity contribution < 1.29 is 14.6 Å². The van der Waals surface area contributed by atoms with E-state index in [1.165, 1.54) is 7.11 Å². The van der Waals surface area contributed by atoms with E-state index in [9.17, 15) is 9.90 Å². The van der Waals surface area contributed by atoms with E-state index < -0.39 is 11.6 Å². The summed E-state index contributed by atoms with van der Waals surface area (Å²) < 4.78 is 4.55. The van der Waals surface area contributed by atoms with E-state index in [1.54, 1.807) is 6.92 Å². The molecule has 1 unspecified atom stereocenters. The van der Waals surface area contributed by atoms with Crippen LogP contribution in [0.1, 0.15) is 19.8 Å². The maximum atomic E-state index is 10.9. The molecular weight excluding hydrogens is 158 g/mol. The summed E-state index contributed by atoms with van der Waals surface area (Å²) in [6.45, 7) is 1.65. The molecular formula is C8H15NO3. The largest absolute Gasteiger partial charge is 0.469 e. The fourth-order valence-electron chi connectivity index (χ4n) is 1.53. The summed E-state index contributed by atoms with van der Waals surface area (Å²) in [5.41, 5.74) is 5.20. The lowest BCUT2D eigenvalue weighted by molar-refractivity contribution is -0.153. The number of methoxy groups -OCH3 is 1. The van der Waals surface area contributed by atoms with E-state index in [2.05, 4.69) is 4.74 Å². The molecule has 0 spiro atoms. The number of hydrogen-bond donors (Lipinski definition) is 2. The third-order valence-electron chi connectivity index (χ3n) is 2.62. The Kier molecular flexibility index (Phi) is 2.39. The summed E-state index contributed by atoms with van der Waals surface area (Å²) in [7, 11) is 1.36. The highest BCUT2D eigenvalue weighted by atomic mass is 16.5. The minimum Gasteiger partial charge on any atom is -0.469 e. The van der Waals surface area contributed by atoms with E-state index in [0.717, 1.165) is 0 Å². The van der Waals surface area contributed by atoms with Gasteiger partial charge in [0.25, 0.3) is 0 Å². The summed E-state index contributed by atoms with van der Waals surface area (Å²) in [6.07, 6.45) is 0.493. The standard InChI is InChI=1S/C8H15NO3/c1-5(10)8(9)3-6(4-8)7(11)12-2/h5-6,10H,3-4,9H2,1-2H3/t5?,6-,8-. The number of ether oxygens (including phenoxy) is 1. The molecule has 1 rings (SSSR count). The summed E-state index contributed by atoms with van der Waals surface area (Å²) in [6, 6.07) is 0. The van der Waals surface area contributed by atoms with Crippen molar-refractivity contribution in [2.45, 2.75) is 31.4 Å². The van der Waals surface area contributed by atoms with Crippen LogP contribution in [0.3, 0.4) is 0 Å². The fourth-order valence-corrected chi connectivity index (χ4v) is 1.53. The van der Waals surface area contributed by atoms with Crippen molar-refractivity contribution >= 4 is 5.97 Å². The van der Waals surface area contributed by atoms with Crippen molar-refractivity contribution in [1.29, 1.82) is 0 Å². The molecule has 0 amide bonds. The first-order chi connectivity index (χ1) is 5.49. The molecule has 1 aliphatic carbocycles. The molecule has 0 aromatic heterocycles. The van der Waals surface area contributed by atoms with Crippen LogP contribution in [0.2, 0.25) is 0 Å². The predicted octanol–water partition coefficient (Wildman–Crippen LogP) is -0.352. The molecule has 0 aromatic carbocycles. The predicted molar refractivity (Wildman–Crippen MR) is 43.3 cm³/mol. The van der Waals surface area contributed by atoms with Crippen LogP contribution in [-0.4, -0.2) is 29.8 Å². The number of rotatable bonds is 2. The fraction of sp³-hybridized carbons (Fsp3) is 0.875. The SMILES string of the molecule is COC(=O)[C@H]1C[C@@](N)(C(C)O)C1. The Morgan fingerprint density at radius 1 is 1.75 bits per heavy atom. The molecule has 4 nitrogen and oxygen atoms in total. The van der Waals surface area contributed by atoms with Gasteiger partial charge < -0.3 is 15.6 Å². The lowest BCUT2D eigenvalue weighted by Crippen LogP contribution is -2.60. The van der Waals surface area contributed by atoms with Gasteiger partial charge in [-0.05, 0) is 19.8 Å². The van der Waals surface area contributed by atoms with Crippen molar-refractivity contribution in [3.05, 3.63) is 0 Å². The van der Waals surface area contributed by atoms with Gasteiger partial charge in [0, 0.05) is 5.54 Å². The monoisotopic (exact) mass is 173 g/mol. The number of carbonyl (C=O) groups is 1. The van der Waals surface area contributed by atoms with E-state index in [-0.39, 0.29) is 11.9 Å². The summed E-state index contributed by atoms with van der Waals surface area (Å²) in [5.74, 6) is -0.341. The van der Waals surface area contributed by atoms with Crippen molar-refractivity contribution in [3.63, 3.8) is 0 Å². The maximum absolute atomic E-state index is 10.9. The maximum Gasteiger partial charge on any atom is 0.308 e. The molecule has 70 valence electrons. The second-order valence-electron chi connectivity index (χ2n) is 3.54. The van der Waals surface area contributed by atoms with Gasteiger partial charge >= 0.3 is 5.97 Å². The van der Waals surface area contributed by atoms with Crippen LogP contribution >= 0.6 is 0 Å². The zero-order valence-electron chi connectivity index (χ0n) is 7.41.